The average Bonchev–Trinajstić information content (AvgIpc) is 3.39. The summed E-state index contributed by atoms with van der Waals surface area (Å²) in [7, 11) is 0. The van der Waals surface area contributed by atoms with Gasteiger partial charge in [-0.3, -0.25) is 4.79 Å². The first kappa shape index (κ1) is 26.6. The second-order valence-corrected chi connectivity index (χ2v) is 9.63. The summed E-state index contributed by atoms with van der Waals surface area (Å²) in [4.78, 5) is 33.1. The number of pyridine rings is 1. The predicted octanol–water partition coefficient (Wildman–Crippen LogP) is 5.52. The van der Waals surface area contributed by atoms with E-state index in [2.05, 4.69) is 15.0 Å². The number of carbonyl (C=O) groups excluding carboxylic acids is 2. The van der Waals surface area contributed by atoms with Gasteiger partial charge in [-0.25, -0.2) is 18.9 Å². The number of rotatable bonds is 6. The number of hydrogen-bond donors (Lipinski definition) is 0. The number of nitrogens with zero attached hydrogens (tertiary/aromatic N) is 5. The standard InChI is InChI=1S/C28H24Cl2FN5O3/c1-2-39-28(38)23-17-24(36(33-23)22-9-5-20(31)6-10-22)18-3-7-21(8-4-18)34-11-13-35(14-12-34)27(37)19-15-25(29)32-26(30)16-19/h3-10,15-17H,2,11-14H2,1H3. The van der Waals surface area contributed by atoms with Crippen molar-refractivity contribution in [2.24, 2.45) is 0 Å². The monoisotopic (exact) mass is 567 g/mol. The topological polar surface area (TPSA) is 80.6 Å². The van der Waals surface area contributed by atoms with Crippen LogP contribution in [0.25, 0.3) is 16.9 Å². The Balaban J connectivity index is 1.33. The highest BCUT2D eigenvalue weighted by Gasteiger charge is 2.24. The molecule has 3 heterocycles. The van der Waals surface area contributed by atoms with E-state index in [1.165, 1.54) is 24.3 Å². The first-order valence-electron chi connectivity index (χ1n) is 12.3. The highest BCUT2D eigenvalue weighted by Crippen LogP contribution is 2.28. The fourth-order valence-electron chi connectivity index (χ4n) is 4.45. The van der Waals surface area contributed by atoms with E-state index in [4.69, 9.17) is 27.9 Å². The zero-order valence-electron chi connectivity index (χ0n) is 21.0. The summed E-state index contributed by atoms with van der Waals surface area (Å²) < 4.78 is 20.2. The highest BCUT2D eigenvalue weighted by molar-refractivity contribution is 6.33. The van der Waals surface area contributed by atoms with Crippen molar-refractivity contribution in [2.45, 2.75) is 6.92 Å². The van der Waals surface area contributed by atoms with E-state index in [1.54, 1.807) is 34.7 Å². The summed E-state index contributed by atoms with van der Waals surface area (Å²) in [6.45, 7) is 4.34. The number of hydrogen-bond acceptors (Lipinski definition) is 6. The van der Waals surface area contributed by atoms with Gasteiger partial charge in [0.15, 0.2) is 5.69 Å². The number of anilines is 1. The van der Waals surface area contributed by atoms with Crippen molar-refractivity contribution >= 4 is 40.8 Å². The molecule has 0 unspecified atom stereocenters. The first-order valence-corrected chi connectivity index (χ1v) is 13.1. The molecule has 1 saturated heterocycles. The van der Waals surface area contributed by atoms with Crippen molar-refractivity contribution in [3.8, 4) is 16.9 Å². The number of aromatic nitrogens is 3. The van der Waals surface area contributed by atoms with Crippen molar-refractivity contribution in [1.82, 2.24) is 19.7 Å². The third-order valence-electron chi connectivity index (χ3n) is 6.37. The van der Waals surface area contributed by atoms with Crippen LogP contribution in [0, 0.1) is 5.82 Å². The molecule has 1 aliphatic heterocycles. The smallest absolute Gasteiger partial charge is 0.358 e. The zero-order chi connectivity index (χ0) is 27.5. The molecule has 5 rings (SSSR count). The van der Waals surface area contributed by atoms with E-state index in [-0.39, 0.29) is 34.3 Å². The minimum Gasteiger partial charge on any atom is -0.461 e. The van der Waals surface area contributed by atoms with Crippen LogP contribution in [0.1, 0.15) is 27.8 Å². The lowest BCUT2D eigenvalue weighted by Gasteiger charge is -2.36. The van der Waals surface area contributed by atoms with Crippen molar-refractivity contribution < 1.29 is 18.7 Å². The van der Waals surface area contributed by atoms with Gasteiger partial charge in [0.05, 0.1) is 18.0 Å². The van der Waals surface area contributed by atoms with Crippen molar-refractivity contribution in [2.75, 3.05) is 37.7 Å². The molecule has 11 heteroatoms. The Hall–Kier alpha value is -3.95. The van der Waals surface area contributed by atoms with Crippen LogP contribution in [0.5, 0.6) is 0 Å². The van der Waals surface area contributed by atoms with E-state index >= 15 is 0 Å². The summed E-state index contributed by atoms with van der Waals surface area (Å²) in [6.07, 6.45) is 0. The van der Waals surface area contributed by atoms with Crippen molar-refractivity contribution in [3.05, 3.63) is 94.1 Å². The number of halogens is 3. The molecule has 0 radical (unpaired) electrons. The number of piperazine rings is 1. The normalized spacial score (nSPS) is 13.4. The lowest BCUT2D eigenvalue weighted by molar-refractivity contribution is 0.0518. The van der Waals surface area contributed by atoms with E-state index in [0.29, 0.717) is 43.1 Å². The molecular weight excluding hydrogens is 544 g/mol. The summed E-state index contributed by atoms with van der Waals surface area (Å²) in [5, 5.41) is 4.79. The molecule has 0 aliphatic carbocycles. The Morgan fingerprint density at radius 2 is 1.51 bits per heavy atom. The molecule has 0 N–H and O–H groups in total. The second kappa shape index (κ2) is 11.4. The Morgan fingerprint density at radius 1 is 0.897 bits per heavy atom. The van der Waals surface area contributed by atoms with Crippen LogP contribution in [0.3, 0.4) is 0 Å². The number of amides is 1. The molecule has 200 valence electrons. The molecule has 1 fully saturated rings. The Labute approximate surface area is 234 Å². The average molecular weight is 568 g/mol. The lowest BCUT2D eigenvalue weighted by Crippen LogP contribution is -2.48. The number of ether oxygens (including phenoxy) is 1. The molecule has 4 aromatic rings. The molecule has 1 aliphatic rings. The summed E-state index contributed by atoms with van der Waals surface area (Å²) >= 11 is 11.9. The van der Waals surface area contributed by atoms with E-state index in [0.717, 1.165) is 11.3 Å². The van der Waals surface area contributed by atoms with Gasteiger partial charge in [-0.1, -0.05) is 35.3 Å². The molecule has 0 saturated carbocycles. The molecule has 39 heavy (non-hydrogen) atoms. The van der Waals surface area contributed by atoms with Crippen molar-refractivity contribution in [3.63, 3.8) is 0 Å². The number of esters is 1. The maximum atomic E-state index is 13.5. The van der Waals surface area contributed by atoms with Crippen LogP contribution in [0.15, 0.2) is 66.7 Å². The minimum atomic E-state index is -0.528. The van der Waals surface area contributed by atoms with Crippen LogP contribution >= 0.6 is 23.2 Å². The van der Waals surface area contributed by atoms with Gasteiger partial charge >= 0.3 is 5.97 Å². The summed E-state index contributed by atoms with van der Waals surface area (Å²) in [5.41, 5.74) is 3.69. The number of carbonyl (C=O) groups is 2. The lowest BCUT2D eigenvalue weighted by atomic mass is 10.1. The third kappa shape index (κ3) is 5.89. The third-order valence-corrected chi connectivity index (χ3v) is 6.76. The molecule has 0 bridgehead atoms. The molecule has 1 amide bonds. The fraction of sp³-hybridized carbons (Fsp3) is 0.214. The van der Waals surface area contributed by atoms with Gasteiger partial charge in [-0.15, -0.1) is 0 Å². The fourth-order valence-corrected chi connectivity index (χ4v) is 4.91. The SMILES string of the molecule is CCOC(=O)c1cc(-c2ccc(N3CCN(C(=O)c4cc(Cl)nc(Cl)c4)CC3)cc2)n(-c2ccc(F)cc2)n1. The molecule has 8 nitrogen and oxygen atoms in total. The van der Waals surface area contributed by atoms with E-state index in [1.807, 2.05) is 24.3 Å². The van der Waals surface area contributed by atoms with Gasteiger partial charge in [0.25, 0.3) is 5.91 Å². The van der Waals surface area contributed by atoms with Crippen molar-refractivity contribution in [1.29, 1.82) is 0 Å². The van der Waals surface area contributed by atoms with Crippen LogP contribution < -0.4 is 4.90 Å². The van der Waals surface area contributed by atoms with Crippen LogP contribution in [0.4, 0.5) is 10.1 Å². The second-order valence-electron chi connectivity index (χ2n) is 8.85. The quantitative estimate of drug-likeness (QED) is 0.225. The van der Waals surface area contributed by atoms with Gasteiger partial charge in [0.2, 0.25) is 0 Å². The van der Waals surface area contributed by atoms with Gasteiger partial charge < -0.3 is 14.5 Å². The Kier molecular flexibility index (Phi) is 7.81. The highest BCUT2D eigenvalue weighted by atomic mass is 35.5. The van der Waals surface area contributed by atoms with Crippen LogP contribution in [-0.4, -0.2) is 64.3 Å². The van der Waals surface area contributed by atoms with E-state index in [9.17, 15) is 14.0 Å². The summed E-state index contributed by atoms with van der Waals surface area (Å²) in [5.74, 6) is -1.03. The maximum Gasteiger partial charge on any atom is 0.358 e. The maximum absolute atomic E-state index is 13.5. The molecule has 2 aromatic heterocycles. The van der Waals surface area contributed by atoms with Gasteiger partial charge in [-0.2, -0.15) is 5.10 Å². The van der Waals surface area contributed by atoms with Crippen LogP contribution in [-0.2, 0) is 4.74 Å². The van der Waals surface area contributed by atoms with Gasteiger partial charge in [0, 0.05) is 43.0 Å². The van der Waals surface area contributed by atoms with Gasteiger partial charge in [0.1, 0.15) is 16.1 Å². The largest absolute Gasteiger partial charge is 0.461 e. The van der Waals surface area contributed by atoms with E-state index < -0.39 is 5.97 Å². The first-order chi connectivity index (χ1) is 18.8. The van der Waals surface area contributed by atoms with Crippen LogP contribution in [0.2, 0.25) is 10.3 Å². The summed E-state index contributed by atoms with van der Waals surface area (Å²) in [6, 6.07) is 18.5. The Bertz CT molecular complexity index is 1480. The number of benzene rings is 2. The predicted molar refractivity (Wildman–Crippen MR) is 147 cm³/mol. The zero-order valence-corrected chi connectivity index (χ0v) is 22.5. The minimum absolute atomic E-state index is 0.136. The Morgan fingerprint density at radius 3 is 2.13 bits per heavy atom. The molecule has 0 atom stereocenters. The van der Waals surface area contributed by atoms with Gasteiger partial charge in [-0.05, 0) is 61.5 Å². The molecule has 0 spiro atoms. The molecule has 2 aromatic carbocycles. The molecular formula is C28H24Cl2FN5O3.